The Balaban J connectivity index is 0.00000176. The van der Waals surface area contributed by atoms with Gasteiger partial charge in [-0.15, -0.1) is 12.4 Å². The normalized spacial score (nSPS) is 10.2. The van der Waals surface area contributed by atoms with Gasteiger partial charge in [0.05, 0.1) is 5.56 Å². The molecule has 0 saturated heterocycles. The molecule has 0 aliphatic carbocycles. The molecule has 0 saturated carbocycles. The number of pyridine rings is 1. The molecule has 1 aromatic carbocycles. The van der Waals surface area contributed by atoms with Crippen LogP contribution in [0, 0.1) is 6.92 Å². The van der Waals surface area contributed by atoms with E-state index in [4.69, 9.17) is 4.42 Å². The van der Waals surface area contributed by atoms with Crippen LogP contribution in [0.4, 0.5) is 0 Å². The van der Waals surface area contributed by atoms with Gasteiger partial charge in [-0.05, 0) is 36.2 Å². The van der Waals surface area contributed by atoms with Crippen molar-refractivity contribution in [2.75, 3.05) is 6.54 Å². The molecule has 1 N–H and O–H groups in total. The van der Waals surface area contributed by atoms with Crippen molar-refractivity contribution in [1.29, 1.82) is 0 Å². The molecule has 114 valence electrons. The van der Waals surface area contributed by atoms with Crippen LogP contribution in [0.3, 0.4) is 0 Å². The number of nitrogens with one attached hydrogen (secondary N) is 1. The molecule has 0 radical (unpaired) electrons. The Bertz CT molecular complexity index is 771. The minimum atomic E-state index is -0.111. The lowest BCUT2D eigenvalue weighted by atomic mass is 10.1. The highest BCUT2D eigenvalue weighted by molar-refractivity contribution is 5.93. The van der Waals surface area contributed by atoms with Gasteiger partial charge < -0.3 is 9.73 Å². The van der Waals surface area contributed by atoms with E-state index >= 15 is 0 Å². The van der Waals surface area contributed by atoms with Gasteiger partial charge in [-0.3, -0.25) is 9.78 Å². The Morgan fingerprint density at radius 3 is 2.95 bits per heavy atom. The zero-order valence-electron chi connectivity index (χ0n) is 12.1. The second-order valence-electron chi connectivity index (χ2n) is 4.78. The average molecular weight is 318 g/mol. The van der Waals surface area contributed by atoms with Crippen molar-refractivity contribution >= 4 is 29.4 Å². The molecule has 22 heavy (non-hydrogen) atoms. The van der Waals surface area contributed by atoms with E-state index in [9.17, 15) is 4.79 Å². The smallest absolute Gasteiger partial charge is 0.252 e. The summed E-state index contributed by atoms with van der Waals surface area (Å²) >= 11 is 0. The van der Waals surface area contributed by atoms with E-state index < -0.39 is 0 Å². The fourth-order valence-corrected chi connectivity index (χ4v) is 2.16. The quantitative estimate of drug-likeness (QED) is 0.803. The highest BCUT2D eigenvalue weighted by atomic mass is 35.5. The number of halogens is 1. The molecule has 3 rings (SSSR count). The van der Waals surface area contributed by atoms with Gasteiger partial charge in [0.1, 0.15) is 5.52 Å². The van der Waals surface area contributed by atoms with Crippen LogP contribution >= 0.6 is 12.4 Å². The number of amides is 1. The van der Waals surface area contributed by atoms with Crippen molar-refractivity contribution in [3.63, 3.8) is 0 Å². The van der Waals surface area contributed by atoms with Gasteiger partial charge in [0.2, 0.25) is 0 Å². The largest absolute Gasteiger partial charge is 0.441 e. The minimum absolute atomic E-state index is 0. The van der Waals surface area contributed by atoms with Crippen LogP contribution in [-0.4, -0.2) is 22.4 Å². The Hall–Kier alpha value is -2.40. The van der Waals surface area contributed by atoms with Gasteiger partial charge >= 0.3 is 0 Å². The molecule has 2 aromatic heterocycles. The maximum absolute atomic E-state index is 11.9. The first-order valence-electron chi connectivity index (χ1n) is 6.77. The number of hydrogen-bond acceptors (Lipinski definition) is 4. The molecule has 5 nitrogen and oxygen atoms in total. The van der Waals surface area contributed by atoms with E-state index in [1.807, 2.05) is 25.1 Å². The summed E-state index contributed by atoms with van der Waals surface area (Å²) in [7, 11) is 0. The summed E-state index contributed by atoms with van der Waals surface area (Å²) in [6.45, 7) is 2.39. The number of fused-ring (bicyclic) bond motifs is 1. The van der Waals surface area contributed by atoms with Crippen molar-refractivity contribution in [3.8, 4) is 0 Å². The predicted molar refractivity (Wildman–Crippen MR) is 86.3 cm³/mol. The van der Waals surface area contributed by atoms with Gasteiger partial charge in [0, 0.05) is 25.9 Å². The number of aromatic nitrogens is 2. The highest BCUT2D eigenvalue weighted by Crippen LogP contribution is 2.16. The number of aryl methyl sites for hydroxylation is 1. The fourth-order valence-electron chi connectivity index (χ4n) is 2.16. The highest BCUT2D eigenvalue weighted by Gasteiger charge is 2.06. The zero-order valence-corrected chi connectivity index (χ0v) is 12.9. The van der Waals surface area contributed by atoms with Crippen LogP contribution in [0.1, 0.15) is 21.8 Å². The first-order chi connectivity index (χ1) is 10.2. The van der Waals surface area contributed by atoms with Crippen LogP contribution in [0.5, 0.6) is 0 Å². The predicted octanol–water partition coefficient (Wildman–Crippen LogP) is 2.93. The summed E-state index contributed by atoms with van der Waals surface area (Å²) in [5, 5.41) is 2.88. The number of nitrogens with zero attached hydrogens (tertiary/aromatic N) is 2. The van der Waals surface area contributed by atoms with Crippen LogP contribution in [0.2, 0.25) is 0 Å². The lowest BCUT2D eigenvalue weighted by Crippen LogP contribution is -2.25. The second kappa shape index (κ2) is 7.04. The van der Waals surface area contributed by atoms with E-state index in [-0.39, 0.29) is 18.3 Å². The molecular weight excluding hydrogens is 302 g/mol. The van der Waals surface area contributed by atoms with E-state index in [1.54, 1.807) is 24.5 Å². The van der Waals surface area contributed by atoms with Crippen molar-refractivity contribution in [2.24, 2.45) is 0 Å². The Kier molecular flexibility index (Phi) is 5.12. The van der Waals surface area contributed by atoms with Gasteiger partial charge in [-0.2, -0.15) is 0 Å². The number of carbonyl (C=O) groups is 1. The van der Waals surface area contributed by atoms with Crippen LogP contribution in [-0.2, 0) is 6.42 Å². The Labute approximate surface area is 134 Å². The van der Waals surface area contributed by atoms with E-state index in [2.05, 4.69) is 15.3 Å². The summed E-state index contributed by atoms with van der Waals surface area (Å²) in [6, 6.07) is 9.39. The topological polar surface area (TPSA) is 68.0 Å². The maximum Gasteiger partial charge on any atom is 0.252 e. The maximum atomic E-state index is 11.9. The van der Waals surface area contributed by atoms with Crippen LogP contribution in [0.25, 0.3) is 11.1 Å². The van der Waals surface area contributed by atoms with Crippen molar-refractivity contribution in [2.45, 2.75) is 13.3 Å². The molecule has 1 amide bonds. The van der Waals surface area contributed by atoms with Crippen molar-refractivity contribution < 1.29 is 9.21 Å². The van der Waals surface area contributed by atoms with Gasteiger partial charge in [0.15, 0.2) is 11.5 Å². The van der Waals surface area contributed by atoms with Crippen molar-refractivity contribution in [3.05, 3.63) is 59.7 Å². The summed E-state index contributed by atoms with van der Waals surface area (Å²) in [6.07, 6.45) is 3.94. The second-order valence-corrected chi connectivity index (χ2v) is 4.78. The molecule has 6 heteroatoms. The standard InChI is InChI=1S/C16H15N3O2.ClH/c1-11-19-14-5-4-12(9-15(14)21-11)6-8-18-16(20)13-3-2-7-17-10-13;/h2-5,7,9-10H,6,8H2,1H3,(H,18,20);1H. The molecule has 0 atom stereocenters. The van der Waals surface area contributed by atoms with Crippen LogP contribution in [0.15, 0.2) is 47.1 Å². The number of rotatable bonds is 4. The van der Waals surface area contributed by atoms with Crippen LogP contribution < -0.4 is 5.32 Å². The SMILES string of the molecule is Cc1nc2ccc(CCNC(=O)c3cccnc3)cc2o1.Cl. The molecule has 0 spiro atoms. The molecule has 0 bridgehead atoms. The summed E-state index contributed by atoms with van der Waals surface area (Å²) in [5.41, 5.74) is 3.31. The summed E-state index contributed by atoms with van der Waals surface area (Å²) in [4.78, 5) is 20.1. The Morgan fingerprint density at radius 1 is 1.32 bits per heavy atom. The third-order valence-electron chi connectivity index (χ3n) is 3.18. The molecule has 3 aromatic rings. The van der Waals surface area contributed by atoms with E-state index in [1.165, 1.54) is 0 Å². The van der Waals surface area contributed by atoms with Crippen molar-refractivity contribution in [1.82, 2.24) is 15.3 Å². The number of benzene rings is 1. The number of carbonyl (C=O) groups excluding carboxylic acids is 1. The first kappa shape index (κ1) is 16.0. The third kappa shape index (κ3) is 3.62. The van der Waals surface area contributed by atoms with Gasteiger partial charge in [0.25, 0.3) is 5.91 Å². The van der Waals surface area contributed by atoms with Gasteiger partial charge in [-0.25, -0.2) is 4.98 Å². The number of hydrogen-bond donors (Lipinski definition) is 1. The minimum Gasteiger partial charge on any atom is -0.441 e. The lowest BCUT2D eigenvalue weighted by molar-refractivity contribution is 0.0954. The van der Waals surface area contributed by atoms with Gasteiger partial charge in [-0.1, -0.05) is 6.07 Å². The molecule has 2 heterocycles. The lowest BCUT2D eigenvalue weighted by Gasteiger charge is -2.05. The first-order valence-corrected chi connectivity index (χ1v) is 6.77. The summed E-state index contributed by atoms with van der Waals surface area (Å²) in [5.74, 6) is 0.548. The molecule has 0 aliphatic heterocycles. The summed E-state index contributed by atoms with van der Waals surface area (Å²) < 4.78 is 5.50. The molecule has 0 fully saturated rings. The fraction of sp³-hybridized carbons (Fsp3) is 0.188. The van der Waals surface area contributed by atoms with E-state index in [0.29, 0.717) is 18.0 Å². The Morgan fingerprint density at radius 2 is 2.18 bits per heavy atom. The number of oxazole rings is 1. The van der Waals surface area contributed by atoms with E-state index in [0.717, 1.165) is 23.1 Å². The molecule has 0 unspecified atom stereocenters. The zero-order chi connectivity index (χ0) is 14.7. The molecular formula is C16H16ClN3O2. The monoisotopic (exact) mass is 317 g/mol. The third-order valence-corrected chi connectivity index (χ3v) is 3.18. The average Bonchev–Trinajstić information content (AvgIpc) is 2.87. The molecule has 0 aliphatic rings.